The maximum atomic E-state index is 11.6. The van der Waals surface area contributed by atoms with Crippen LogP contribution in [0.5, 0.6) is 0 Å². The fourth-order valence-corrected chi connectivity index (χ4v) is 1.57. The van der Waals surface area contributed by atoms with Gasteiger partial charge in [0.15, 0.2) is 5.72 Å². The Morgan fingerprint density at radius 2 is 2.31 bits per heavy atom. The van der Waals surface area contributed by atoms with E-state index in [9.17, 15) is 9.90 Å². The van der Waals surface area contributed by atoms with Gasteiger partial charge in [0, 0.05) is 13.2 Å². The van der Waals surface area contributed by atoms with E-state index in [1.165, 1.54) is 4.90 Å². The van der Waals surface area contributed by atoms with Crippen molar-refractivity contribution in [1.82, 2.24) is 9.47 Å². The molecule has 1 atom stereocenters. The lowest BCUT2D eigenvalue weighted by atomic mass is 10.1. The second-order valence-electron chi connectivity index (χ2n) is 3.60. The standard InChI is InChI=1S/C9H12N2O2/c1-9(13)6-11-5-3-4-7(11)8(12)10(9)2/h3-5,13H,6H2,1-2H3/t9-/m1/s1. The number of fused-ring (bicyclic) bond motifs is 1. The van der Waals surface area contributed by atoms with Gasteiger partial charge in [-0.15, -0.1) is 0 Å². The van der Waals surface area contributed by atoms with Crippen molar-refractivity contribution in [1.29, 1.82) is 0 Å². The second kappa shape index (κ2) is 2.35. The number of aromatic nitrogens is 1. The van der Waals surface area contributed by atoms with Gasteiger partial charge in [0.05, 0.1) is 6.54 Å². The molecule has 1 aliphatic rings. The van der Waals surface area contributed by atoms with E-state index < -0.39 is 5.72 Å². The summed E-state index contributed by atoms with van der Waals surface area (Å²) < 4.78 is 1.77. The molecule has 70 valence electrons. The van der Waals surface area contributed by atoms with Crippen LogP contribution in [0.25, 0.3) is 0 Å². The summed E-state index contributed by atoms with van der Waals surface area (Å²) in [4.78, 5) is 13.0. The zero-order chi connectivity index (χ0) is 9.64. The van der Waals surface area contributed by atoms with Gasteiger partial charge < -0.3 is 14.6 Å². The van der Waals surface area contributed by atoms with Crippen LogP contribution in [-0.2, 0) is 6.54 Å². The summed E-state index contributed by atoms with van der Waals surface area (Å²) in [6.45, 7) is 2.06. The van der Waals surface area contributed by atoms with E-state index in [-0.39, 0.29) is 5.91 Å². The van der Waals surface area contributed by atoms with Crippen molar-refractivity contribution in [3.05, 3.63) is 24.0 Å². The summed E-state index contributed by atoms with van der Waals surface area (Å²) in [5.74, 6) is -0.138. The Morgan fingerprint density at radius 1 is 1.62 bits per heavy atom. The van der Waals surface area contributed by atoms with E-state index in [1.54, 1.807) is 30.8 Å². The molecule has 1 amide bonds. The van der Waals surface area contributed by atoms with E-state index in [2.05, 4.69) is 0 Å². The number of carbonyl (C=O) groups is 1. The minimum atomic E-state index is -1.08. The van der Waals surface area contributed by atoms with Crippen LogP contribution in [0.3, 0.4) is 0 Å². The Hall–Kier alpha value is -1.29. The Morgan fingerprint density at radius 3 is 3.00 bits per heavy atom. The van der Waals surface area contributed by atoms with Gasteiger partial charge >= 0.3 is 0 Å². The summed E-state index contributed by atoms with van der Waals surface area (Å²) in [7, 11) is 1.61. The molecule has 4 heteroatoms. The maximum absolute atomic E-state index is 11.6. The van der Waals surface area contributed by atoms with Crippen LogP contribution in [0.2, 0.25) is 0 Å². The highest BCUT2D eigenvalue weighted by Crippen LogP contribution is 2.22. The minimum Gasteiger partial charge on any atom is -0.369 e. The summed E-state index contributed by atoms with van der Waals surface area (Å²) in [5, 5.41) is 9.86. The lowest BCUT2D eigenvalue weighted by Crippen LogP contribution is -2.54. The molecule has 0 unspecified atom stereocenters. The van der Waals surface area contributed by atoms with Gasteiger partial charge in [-0.1, -0.05) is 0 Å². The van der Waals surface area contributed by atoms with Gasteiger partial charge in [-0.05, 0) is 19.1 Å². The van der Waals surface area contributed by atoms with Crippen molar-refractivity contribution in [2.75, 3.05) is 7.05 Å². The third-order valence-corrected chi connectivity index (χ3v) is 2.55. The maximum Gasteiger partial charge on any atom is 0.272 e. The van der Waals surface area contributed by atoms with Crippen LogP contribution in [0, 0.1) is 0 Å². The average Bonchev–Trinajstić information content (AvgIpc) is 2.47. The first-order valence-corrected chi connectivity index (χ1v) is 4.18. The van der Waals surface area contributed by atoms with Crippen LogP contribution in [0.1, 0.15) is 17.4 Å². The van der Waals surface area contributed by atoms with Gasteiger partial charge in [-0.3, -0.25) is 4.79 Å². The lowest BCUT2D eigenvalue weighted by molar-refractivity contribution is -0.0813. The monoisotopic (exact) mass is 180 g/mol. The number of rotatable bonds is 0. The predicted octanol–water partition coefficient (Wildman–Crippen LogP) is 0.282. The molecule has 13 heavy (non-hydrogen) atoms. The molecule has 0 aromatic carbocycles. The Balaban J connectivity index is 2.51. The second-order valence-corrected chi connectivity index (χ2v) is 3.60. The number of nitrogens with zero attached hydrogens (tertiary/aromatic N) is 2. The summed E-state index contributed by atoms with van der Waals surface area (Å²) in [6, 6.07) is 3.57. The SMILES string of the molecule is CN1C(=O)c2cccn2C[C@@]1(C)O. The molecule has 0 fully saturated rings. The Kier molecular flexibility index (Phi) is 1.51. The molecule has 0 saturated heterocycles. The van der Waals surface area contributed by atoms with Crippen molar-refractivity contribution in [2.24, 2.45) is 0 Å². The highest BCUT2D eigenvalue weighted by molar-refractivity contribution is 5.93. The van der Waals surface area contributed by atoms with Crippen molar-refractivity contribution < 1.29 is 9.90 Å². The summed E-state index contributed by atoms with van der Waals surface area (Å²) in [5.41, 5.74) is -0.447. The van der Waals surface area contributed by atoms with Crippen LogP contribution in [0.15, 0.2) is 18.3 Å². The largest absolute Gasteiger partial charge is 0.369 e. The smallest absolute Gasteiger partial charge is 0.272 e. The predicted molar refractivity (Wildman–Crippen MR) is 47.1 cm³/mol. The molecule has 0 radical (unpaired) electrons. The van der Waals surface area contributed by atoms with Gasteiger partial charge in [0.1, 0.15) is 5.69 Å². The highest BCUT2D eigenvalue weighted by atomic mass is 16.3. The van der Waals surface area contributed by atoms with Crippen LogP contribution in [0.4, 0.5) is 0 Å². The van der Waals surface area contributed by atoms with Gasteiger partial charge in [0.25, 0.3) is 5.91 Å². The number of likely N-dealkylation sites (N-methyl/N-ethyl adjacent to an activating group) is 1. The molecule has 1 aromatic rings. The quantitative estimate of drug-likeness (QED) is 0.623. The topological polar surface area (TPSA) is 45.5 Å². The molecule has 4 nitrogen and oxygen atoms in total. The first-order chi connectivity index (χ1) is 6.02. The highest BCUT2D eigenvalue weighted by Gasteiger charge is 2.36. The van der Waals surface area contributed by atoms with Crippen molar-refractivity contribution >= 4 is 5.91 Å². The summed E-state index contributed by atoms with van der Waals surface area (Å²) in [6.07, 6.45) is 1.80. The normalized spacial score (nSPS) is 27.6. The van der Waals surface area contributed by atoms with E-state index >= 15 is 0 Å². The van der Waals surface area contributed by atoms with E-state index in [0.29, 0.717) is 12.2 Å². The number of amides is 1. The average molecular weight is 180 g/mol. The molecule has 1 aromatic heterocycles. The van der Waals surface area contributed by atoms with E-state index in [1.807, 2.05) is 6.07 Å². The lowest BCUT2D eigenvalue weighted by Gasteiger charge is -2.38. The molecule has 2 heterocycles. The summed E-state index contributed by atoms with van der Waals surface area (Å²) >= 11 is 0. The van der Waals surface area contributed by atoms with Crippen LogP contribution in [-0.4, -0.2) is 33.3 Å². The Labute approximate surface area is 76.4 Å². The fraction of sp³-hybridized carbons (Fsp3) is 0.444. The third-order valence-electron chi connectivity index (χ3n) is 2.55. The first kappa shape index (κ1) is 8.31. The molecule has 1 N–H and O–H groups in total. The molecule has 2 rings (SSSR count). The molecule has 0 saturated carbocycles. The number of hydrogen-bond acceptors (Lipinski definition) is 2. The molecule has 1 aliphatic heterocycles. The molecular formula is C9H12N2O2. The number of carbonyl (C=O) groups excluding carboxylic acids is 1. The van der Waals surface area contributed by atoms with Crippen LogP contribution < -0.4 is 0 Å². The fourth-order valence-electron chi connectivity index (χ4n) is 1.57. The molecule has 0 aliphatic carbocycles. The zero-order valence-corrected chi connectivity index (χ0v) is 7.69. The van der Waals surface area contributed by atoms with E-state index in [0.717, 1.165) is 0 Å². The number of hydrogen-bond donors (Lipinski definition) is 1. The van der Waals surface area contributed by atoms with Crippen molar-refractivity contribution in [2.45, 2.75) is 19.2 Å². The molecule has 0 bridgehead atoms. The van der Waals surface area contributed by atoms with Crippen molar-refractivity contribution in [3.8, 4) is 0 Å². The number of aliphatic hydroxyl groups is 1. The van der Waals surface area contributed by atoms with Crippen molar-refractivity contribution in [3.63, 3.8) is 0 Å². The molecule has 0 spiro atoms. The van der Waals surface area contributed by atoms with Gasteiger partial charge in [-0.25, -0.2) is 0 Å². The van der Waals surface area contributed by atoms with E-state index in [4.69, 9.17) is 0 Å². The van der Waals surface area contributed by atoms with Crippen LogP contribution >= 0.6 is 0 Å². The third kappa shape index (κ3) is 1.06. The molecular weight excluding hydrogens is 168 g/mol. The minimum absolute atomic E-state index is 0.138. The Bertz CT molecular complexity index is 354. The first-order valence-electron chi connectivity index (χ1n) is 4.18. The van der Waals surface area contributed by atoms with Gasteiger partial charge in [0.2, 0.25) is 0 Å². The zero-order valence-electron chi connectivity index (χ0n) is 7.69. The van der Waals surface area contributed by atoms with Gasteiger partial charge in [-0.2, -0.15) is 0 Å².